The van der Waals surface area contributed by atoms with Gasteiger partial charge >= 0.3 is 0 Å². The van der Waals surface area contributed by atoms with Crippen molar-refractivity contribution in [3.8, 4) is 5.75 Å². The molecule has 2 rings (SSSR count). The van der Waals surface area contributed by atoms with Crippen molar-refractivity contribution in [3.63, 3.8) is 0 Å². The summed E-state index contributed by atoms with van der Waals surface area (Å²) in [6, 6.07) is 5.66. The summed E-state index contributed by atoms with van der Waals surface area (Å²) >= 11 is 1.59. The van der Waals surface area contributed by atoms with Crippen LogP contribution in [0.3, 0.4) is 0 Å². The molecule has 0 amide bonds. The molecular formula is C11H12N2OS. The van der Waals surface area contributed by atoms with E-state index in [1.54, 1.807) is 17.5 Å². The maximum atomic E-state index is 5.71. The Kier molecular flexibility index (Phi) is 2.87. The van der Waals surface area contributed by atoms with Gasteiger partial charge < -0.3 is 10.5 Å². The van der Waals surface area contributed by atoms with E-state index in [2.05, 4.69) is 4.98 Å². The lowest BCUT2D eigenvalue weighted by molar-refractivity contribution is 0.305. The maximum absolute atomic E-state index is 5.71. The molecule has 0 saturated carbocycles. The molecule has 78 valence electrons. The summed E-state index contributed by atoms with van der Waals surface area (Å²) in [5.41, 5.74) is 7.54. The second-order valence-corrected chi connectivity index (χ2v) is 4.21. The van der Waals surface area contributed by atoms with Gasteiger partial charge in [0.05, 0.1) is 0 Å². The highest BCUT2D eigenvalue weighted by atomic mass is 32.1. The Bertz CT molecular complexity index is 440. The number of nitrogen functional groups attached to an aromatic ring is 1. The summed E-state index contributed by atoms with van der Waals surface area (Å²) < 4.78 is 5.58. The smallest absolute Gasteiger partial charge is 0.140 e. The highest BCUT2D eigenvalue weighted by molar-refractivity contribution is 7.09. The molecule has 1 heterocycles. The van der Waals surface area contributed by atoms with Crippen LogP contribution in [-0.2, 0) is 6.61 Å². The number of rotatable bonds is 3. The average Bonchev–Trinajstić information content (AvgIpc) is 2.73. The van der Waals surface area contributed by atoms with Crippen molar-refractivity contribution < 1.29 is 4.74 Å². The Morgan fingerprint density at radius 3 is 3.00 bits per heavy atom. The second-order valence-electron chi connectivity index (χ2n) is 3.23. The molecule has 0 aliphatic rings. The Balaban J connectivity index is 2.02. The molecule has 0 radical (unpaired) electrons. The molecule has 3 nitrogen and oxygen atoms in total. The van der Waals surface area contributed by atoms with Gasteiger partial charge in [-0.2, -0.15) is 0 Å². The van der Waals surface area contributed by atoms with Crippen molar-refractivity contribution in [2.24, 2.45) is 0 Å². The topological polar surface area (TPSA) is 48.1 Å². The standard InChI is InChI=1S/C11H12N2OS/c1-8-6-9(2-3-10(8)12)14-7-11-13-4-5-15-11/h2-6H,7,12H2,1H3. The van der Waals surface area contributed by atoms with Crippen LogP contribution in [0.4, 0.5) is 5.69 Å². The van der Waals surface area contributed by atoms with Gasteiger partial charge in [-0.1, -0.05) is 0 Å². The van der Waals surface area contributed by atoms with Crippen LogP contribution in [-0.4, -0.2) is 4.98 Å². The van der Waals surface area contributed by atoms with Crippen molar-refractivity contribution in [1.82, 2.24) is 4.98 Å². The summed E-state index contributed by atoms with van der Waals surface area (Å²) in [6.45, 7) is 2.48. The Morgan fingerprint density at radius 1 is 1.47 bits per heavy atom. The minimum atomic E-state index is 0.515. The molecule has 0 fully saturated rings. The van der Waals surface area contributed by atoms with Crippen LogP contribution in [0.15, 0.2) is 29.8 Å². The van der Waals surface area contributed by atoms with Gasteiger partial charge in [-0.25, -0.2) is 4.98 Å². The number of ether oxygens (including phenoxy) is 1. The van der Waals surface area contributed by atoms with Gasteiger partial charge in [0.2, 0.25) is 0 Å². The summed E-state index contributed by atoms with van der Waals surface area (Å²) in [6.07, 6.45) is 1.78. The number of thiazole rings is 1. The molecule has 0 spiro atoms. The number of aryl methyl sites for hydroxylation is 1. The van der Waals surface area contributed by atoms with Crippen molar-refractivity contribution in [3.05, 3.63) is 40.3 Å². The van der Waals surface area contributed by atoms with E-state index in [-0.39, 0.29) is 0 Å². The zero-order valence-electron chi connectivity index (χ0n) is 8.43. The molecule has 2 N–H and O–H groups in total. The molecule has 0 aliphatic carbocycles. The molecule has 15 heavy (non-hydrogen) atoms. The number of hydrogen-bond acceptors (Lipinski definition) is 4. The third-order valence-corrected chi connectivity index (χ3v) is 2.84. The number of benzene rings is 1. The van der Waals surface area contributed by atoms with E-state index in [0.717, 1.165) is 22.0 Å². The first-order valence-electron chi connectivity index (χ1n) is 4.63. The monoisotopic (exact) mass is 220 g/mol. The van der Waals surface area contributed by atoms with E-state index in [4.69, 9.17) is 10.5 Å². The molecule has 0 aliphatic heterocycles. The fourth-order valence-electron chi connectivity index (χ4n) is 1.21. The first kappa shape index (κ1) is 9.98. The van der Waals surface area contributed by atoms with Crippen molar-refractivity contribution in [2.75, 3.05) is 5.73 Å². The fraction of sp³-hybridized carbons (Fsp3) is 0.182. The average molecular weight is 220 g/mol. The Morgan fingerprint density at radius 2 is 2.33 bits per heavy atom. The van der Waals surface area contributed by atoms with Crippen LogP contribution in [0.1, 0.15) is 10.6 Å². The molecular weight excluding hydrogens is 208 g/mol. The molecule has 0 bridgehead atoms. The van der Waals surface area contributed by atoms with Gasteiger partial charge in [0, 0.05) is 17.3 Å². The second kappa shape index (κ2) is 4.31. The highest BCUT2D eigenvalue weighted by Crippen LogP contribution is 2.19. The van der Waals surface area contributed by atoms with E-state index < -0.39 is 0 Å². The van der Waals surface area contributed by atoms with Crippen molar-refractivity contribution in [1.29, 1.82) is 0 Å². The van der Waals surface area contributed by atoms with Crippen LogP contribution in [0.2, 0.25) is 0 Å². The molecule has 2 aromatic rings. The summed E-state index contributed by atoms with van der Waals surface area (Å²) in [7, 11) is 0. The van der Waals surface area contributed by atoms with Gasteiger partial charge in [-0.3, -0.25) is 0 Å². The molecule has 1 aromatic heterocycles. The fourth-order valence-corrected chi connectivity index (χ4v) is 1.73. The van der Waals surface area contributed by atoms with Gasteiger partial charge in [0.25, 0.3) is 0 Å². The third kappa shape index (κ3) is 2.47. The van der Waals surface area contributed by atoms with Crippen LogP contribution in [0.5, 0.6) is 5.75 Å². The molecule has 0 unspecified atom stereocenters. The van der Waals surface area contributed by atoms with E-state index in [1.807, 2.05) is 30.5 Å². The van der Waals surface area contributed by atoms with Crippen LogP contribution in [0, 0.1) is 6.92 Å². The number of nitrogens with zero attached hydrogens (tertiary/aromatic N) is 1. The van der Waals surface area contributed by atoms with E-state index in [1.165, 1.54) is 0 Å². The van der Waals surface area contributed by atoms with Gasteiger partial charge in [-0.05, 0) is 30.7 Å². The summed E-state index contributed by atoms with van der Waals surface area (Å²) in [5, 5.41) is 2.91. The molecule has 0 atom stereocenters. The number of anilines is 1. The van der Waals surface area contributed by atoms with Crippen LogP contribution in [0.25, 0.3) is 0 Å². The van der Waals surface area contributed by atoms with Crippen molar-refractivity contribution in [2.45, 2.75) is 13.5 Å². The van der Waals surface area contributed by atoms with Crippen molar-refractivity contribution >= 4 is 17.0 Å². The maximum Gasteiger partial charge on any atom is 0.140 e. The summed E-state index contributed by atoms with van der Waals surface area (Å²) in [4.78, 5) is 4.14. The summed E-state index contributed by atoms with van der Waals surface area (Å²) in [5.74, 6) is 0.830. The molecule has 4 heteroatoms. The predicted octanol–water partition coefficient (Wildman–Crippen LogP) is 2.61. The third-order valence-electron chi connectivity index (χ3n) is 2.09. The van der Waals surface area contributed by atoms with Crippen LogP contribution < -0.4 is 10.5 Å². The van der Waals surface area contributed by atoms with E-state index in [0.29, 0.717) is 6.61 Å². The number of aromatic nitrogens is 1. The lowest BCUT2D eigenvalue weighted by Gasteiger charge is -2.06. The molecule has 1 aromatic carbocycles. The lowest BCUT2D eigenvalue weighted by Crippen LogP contribution is -1.96. The minimum absolute atomic E-state index is 0.515. The van der Waals surface area contributed by atoms with E-state index in [9.17, 15) is 0 Å². The zero-order valence-corrected chi connectivity index (χ0v) is 9.25. The number of hydrogen-bond donors (Lipinski definition) is 1. The minimum Gasteiger partial charge on any atom is -0.486 e. The predicted molar refractivity (Wildman–Crippen MR) is 62.0 cm³/mol. The normalized spacial score (nSPS) is 10.2. The van der Waals surface area contributed by atoms with Gasteiger partial charge in [0.1, 0.15) is 17.4 Å². The largest absolute Gasteiger partial charge is 0.486 e. The lowest BCUT2D eigenvalue weighted by atomic mass is 10.2. The quantitative estimate of drug-likeness (QED) is 0.809. The zero-order chi connectivity index (χ0) is 10.7. The SMILES string of the molecule is Cc1cc(OCc2nccs2)ccc1N. The van der Waals surface area contributed by atoms with E-state index >= 15 is 0 Å². The first-order valence-corrected chi connectivity index (χ1v) is 5.51. The van der Waals surface area contributed by atoms with Gasteiger partial charge in [-0.15, -0.1) is 11.3 Å². The molecule has 0 saturated heterocycles. The van der Waals surface area contributed by atoms with Gasteiger partial charge in [0.15, 0.2) is 0 Å². The Labute approximate surface area is 92.5 Å². The number of nitrogens with two attached hydrogens (primary N) is 1. The first-order chi connectivity index (χ1) is 7.25. The van der Waals surface area contributed by atoms with Crippen LogP contribution >= 0.6 is 11.3 Å². The Hall–Kier alpha value is -1.55. The highest BCUT2D eigenvalue weighted by Gasteiger charge is 1.99.